The monoisotopic (exact) mass is 210 g/mol. The van der Waals surface area contributed by atoms with Crippen LogP contribution in [0.4, 0.5) is 0 Å². The van der Waals surface area contributed by atoms with E-state index in [0.717, 1.165) is 11.8 Å². The number of nitrogens with one attached hydrogen (secondary N) is 1. The van der Waals surface area contributed by atoms with Crippen molar-refractivity contribution in [2.24, 2.45) is 23.5 Å². The quantitative estimate of drug-likeness (QED) is 0.737. The maximum Gasteiger partial charge on any atom is 0.224 e. The summed E-state index contributed by atoms with van der Waals surface area (Å²) in [5.41, 5.74) is 5.73. The van der Waals surface area contributed by atoms with Gasteiger partial charge < -0.3 is 11.1 Å². The molecule has 0 aromatic rings. The summed E-state index contributed by atoms with van der Waals surface area (Å²) in [6.45, 7) is 3.80. The first kappa shape index (κ1) is 10.9. The molecule has 0 heterocycles. The lowest BCUT2D eigenvalue weighted by molar-refractivity contribution is -0.126. The van der Waals surface area contributed by atoms with Gasteiger partial charge in [0.05, 0.1) is 0 Å². The van der Waals surface area contributed by atoms with Gasteiger partial charge in [-0.2, -0.15) is 0 Å². The summed E-state index contributed by atoms with van der Waals surface area (Å²) in [6, 6.07) is 0.390. The fourth-order valence-corrected chi connectivity index (χ4v) is 2.97. The van der Waals surface area contributed by atoms with Crippen LogP contribution in [0.2, 0.25) is 0 Å². The molecule has 86 valence electrons. The molecule has 0 aromatic carbocycles. The van der Waals surface area contributed by atoms with E-state index < -0.39 is 0 Å². The molecule has 2 aliphatic rings. The van der Waals surface area contributed by atoms with E-state index in [1.54, 1.807) is 0 Å². The highest BCUT2D eigenvalue weighted by atomic mass is 16.2. The second kappa shape index (κ2) is 4.12. The number of carbonyl (C=O) groups is 1. The van der Waals surface area contributed by atoms with E-state index in [-0.39, 0.29) is 17.9 Å². The maximum atomic E-state index is 11.8. The van der Waals surface area contributed by atoms with Gasteiger partial charge in [0.1, 0.15) is 0 Å². The predicted octanol–water partition coefficient (Wildman–Crippen LogP) is 1.27. The molecule has 5 atom stereocenters. The molecule has 3 N–H and O–H groups in total. The third kappa shape index (κ3) is 2.17. The Bertz CT molecular complexity index is 252. The van der Waals surface area contributed by atoms with Crippen molar-refractivity contribution in [1.82, 2.24) is 5.32 Å². The average Bonchev–Trinajstić information content (AvgIpc) is 2.77. The van der Waals surface area contributed by atoms with Crippen molar-refractivity contribution in [3.63, 3.8) is 0 Å². The van der Waals surface area contributed by atoms with Crippen LogP contribution in [0.25, 0.3) is 0 Å². The largest absolute Gasteiger partial charge is 0.353 e. The fourth-order valence-electron chi connectivity index (χ4n) is 2.97. The van der Waals surface area contributed by atoms with Crippen molar-refractivity contribution in [3.05, 3.63) is 0 Å². The Morgan fingerprint density at radius 2 is 2.07 bits per heavy atom. The zero-order valence-corrected chi connectivity index (χ0v) is 9.70. The molecule has 3 nitrogen and oxygen atoms in total. The minimum Gasteiger partial charge on any atom is -0.353 e. The highest BCUT2D eigenvalue weighted by Crippen LogP contribution is 2.44. The minimum atomic E-state index is -0.0656. The van der Waals surface area contributed by atoms with E-state index in [1.807, 2.05) is 13.8 Å². The molecule has 2 fully saturated rings. The van der Waals surface area contributed by atoms with Crippen molar-refractivity contribution in [2.75, 3.05) is 0 Å². The Kier molecular flexibility index (Phi) is 3.01. The fraction of sp³-hybridized carbons (Fsp3) is 0.917. The molecule has 0 spiro atoms. The smallest absolute Gasteiger partial charge is 0.224 e. The molecule has 15 heavy (non-hydrogen) atoms. The molecule has 2 aliphatic carbocycles. The zero-order chi connectivity index (χ0) is 11.0. The highest BCUT2D eigenvalue weighted by molar-refractivity contribution is 5.79. The first-order valence-corrected chi connectivity index (χ1v) is 6.14. The SMILES string of the molecule is CC(N)C(C)C(=O)NC1CC2CCC1C2. The van der Waals surface area contributed by atoms with E-state index in [4.69, 9.17) is 5.73 Å². The van der Waals surface area contributed by atoms with E-state index in [1.165, 1.54) is 25.7 Å². The molecule has 5 unspecified atom stereocenters. The summed E-state index contributed by atoms with van der Waals surface area (Å²) < 4.78 is 0. The van der Waals surface area contributed by atoms with Crippen LogP contribution in [0, 0.1) is 17.8 Å². The van der Waals surface area contributed by atoms with Gasteiger partial charge in [0.15, 0.2) is 0 Å². The summed E-state index contributed by atoms with van der Waals surface area (Å²) in [4.78, 5) is 11.8. The Morgan fingerprint density at radius 1 is 1.33 bits per heavy atom. The van der Waals surface area contributed by atoms with Crippen molar-refractivity contribution in [1.29, 1.82) is 0 Å². The molecular formula is C12H22N2O. The van der Waals surface area contributed by atoms with Crippen LogP contribution < -0.4 is 11.1 Å². The third-order valence-corrected chi connectivity index (χ3v) is 4.27. The number of hydrogen-bond acceptors (Lipinski definition) is 2. The van der Waals surface area contributed by atoms with Crippen molar-refractivity contribution >= 4 is 5.91 Å². The second-order valence-corrected chi connectivity index (χ2v) is 5.44. The molecule has 0 radical (unpaired) electrons. The van der Waals surface area contributed by atoms with E-state index >= 15 is 0 Å². The lowest BCUT2D eigenvalue weighted by atomic mass is 9.94. The van der Waals surface area contributed by atoms with E-state index in [9.17, 15) is 4.79 Å². The van der Waals surface area contributed by atoms with Crippen molar-refractivity contribution < 1.29 is 4.79 Å². The van der Waals surface area contributed by atoms with Gasteiger partial charge in [0.2, 0.25) is 5.91 Å². The Balaban J connectivity index is 1.85. The number of rotatable bonds is 3. The number of carbonyl (C=O) groups excluding carboxylic acids is 1. The van der Waals surface area contributed by atoms with Crippen LogP contribution in [-0.4, -0.2) is 18.0 Å². The number of hydrogen-bond donors (Lipinski definition) is 2. The molecule has 1 amide bonds. The van der Waals surface area contributed by atoms with Crippen LogP contribution in [-0.2, 0) is 4.79 Å². The minimum absolute atomic E-state index is 0.0522. The van der Waals surface area contributed by atoms with Crippen LogP contribution in [0.3, 0.4) is 0 Å². The Morgan fingerprint density at radius 3 is 2.53 bits per heavy atom. The summed E-state index contributed by atoms with van der Waals surface area (Å²) in [5, 5.41) is 3.17. The molecule has 2 rings (SSSR count). The lowest BCUT2D eigenvalue weighted by Crippen LogP contribution is -2.45. The summed E-state index contributed by atoms with van der Waals surface area (Å²) in [7, 11) is 0. The van der Waals surface area contributed by atoms with Crippen LogP contribution in [0.1, 0.15) is 39.5 Å². The van der Waals surface area contributed by atoms with Gasteiger partial charge in [-0.15, -0.1) is 0 Å². The second-order valence-electron chi connectivity index (χ2n) is 5.44. The Labute approximate surface area is 91.8 Å². The van der Waals surface area contributed by atoms with Crippen molar-refractivity contribution in [3.8, 4) is 0 Å². The van der Waals surface area contributed by atoms with Crippen molar-refractivity contribution in [2.45, 2.75) is 51.6 Å². The average molecular weight is 210 g/mol. The topological polar surface area (TPSA) is 55.1 Å². The van der Waals surface area contributed by atoms with Gasteiger partial charge in [-0.1, -0.05) is 13.3 Å². The Hall–Kier alpha value is -0.570. The van der Waals surface area contributed by atoms with Crippen LogP contribution in [0.5, 0.6) is 0 Å². The lowest BCUT2D eigenvalue weighted by Gasteiger charge is -2.25. The number of amides is 1. The summed E-state index contributed by atoms with van der Waals surface area (Å²) in [6.07, 6.45) is 5.21. The van der Waals surface area contributed by atoms with E-state index in [0.29, 0.717) is 6.04 Å². The van der Waals surface area contributed by atoms with Gasteiger partial charge in [0.25, 0.3) is 0 Å². The molecule has 0 aliphatic heterocycles. The van der Waals surface area contributed by atoms with Crippen LogP contribution >= 0.6 is 0 Å². The number of fused-ring (bicyclic) bond motifs is 2. The predicted molar refractivity (Wildman–Crippen MR) is 60.2 cm³/mol. The first-order chi connectivity index (χ1) is 7.08. The van der Waals surface area contributed by atoms with Gasteiger partial charge in [-0.05, 0) is 38.0 Å². The van der Waals surface area contributed by atoms with Crippen LogP contribution in [0.15, 0.2) is 0 Å². The molecular weight excluding hydrogens is 188 g/mol. The van der Waals surface area contributed by atoms with E-state index in [2.05, 4.69) is 5.32 Å². The first-order valence-electron chi connectivity index (χ1n) is 6.14. The normalized spacial score (nSPS) is 37.7. The maximum absolute atomic E-state index is 11.8. The summed E-state index contributed by atoms with van der Waals surface area (Å²) in [5.74, 6) is 1.71. The van der Waals surface area contributed by atoms with Gasteiger partial charge in [-0.25, -0.2) is 0 Å². The zero-order valence-electron chi connectivity index (χ0n) is 9.70. The molecule has 2 bridgehead atoms. The standard InChI is InChI=1S/C12H22N2O/c1-7(8(2)13)12(15)14-11-6-9-3-4-10(11)5-9/h7-11H,3-6,13H2,1-2H3,(H,14,15). The molecule has 3 heteroatoms. The molecule has 0 saturated heterocycles. The summed E-state index contributed by atoms with van der Waals surface area (Å²) >= 11 is 0. The molecule has 0 aromatic heterocycles. The van der Waals surface area contributed by atoms with Gasteiger partial charge in [-0.3, -0.25) is 4.79 Å². The van der Waals surface area contributed by atoms with Gasteiger partial charge >= 0.3 is 0 Å². The molecule has 2 saturated carbocycles. The van der Waals surface area contributed by atoms with Gasteiger partial charge in [0, 0.05) is 18.0 Å². The third-order valence-electron chi connectivity index (χ3n) is 4.27. The number of nitrogens with two attached hydrogens (primary N) is 1. The highest BCUT2D eigenvalue weighted by Gasteiger charge is 2.40.